The summed E-state index contributed by atoms with van der Waals surface area (Å²) in [5, 5.41) is 3.33. The van der Waals surface area contributed by atoms with Gasteiger partial charge in [-0.15, -0.1) is 0 Å². The lowest BCUT2D eigenvalue weighted by Gasteiger charge is -2.30. The van der Waals surface area contributed by atoms with Crippen molar-refractivity contribution in [1.82, 2.24) is 5.32 Å². The predicted molar refractivity (Wildman–Crippen MR) is 74.5 cm³/mol. The quantitative estimate of drug-likeness (QED) is 0.803. The first-order valence-corrected chi connectivity index (χ1v) is 6.39. The Labute approximate surface area is 104 Å². The van der Waals surface area contributed by atoms with Crippen molar-refractivity contribution in [3.63, 3.8) is 0 Å². The van der Waals surface area contributed by atoms with Crippen LogP contribution in [0.1, 0.15) is 31.9 Å². The molecule has 0 aromatic heterocycles. The number of hydrogen-bond donors (Lipinski definition) is 1. The molecule has 0 radical (unpaired) electrons. The fourth-order valence-electron chi connectivity index (χ4n) is 2.29. The van der Waals surface area contributed by atoms with Gasteiger partial charge in [-0.1, -0.05) is 29.8 Å². The van der Waals surface area contributed by atoms with Crippen molar-refractivity contribution in [2.45, 2.75) is 26.3 Å². The monoisotopic (exact) mass is 230 g/mol. The van der Waals surface area contributed by atoms with Gasteiger partial charge in [-0.2, -0.15) is 0 Å². The van der Waals surface area contributed by atoms with E-state index in [1.165, 1.54) is 23.2 Å². The Bertz CT molecular complexity index is 409. The fourth-order valence-corrected chi connectivity index (χ4v) is 2.29. The van der Waals surface area contributed by atoms with Crippen molar-refractivity contribution in [3.8, 4) is 0 Å². The molecular formula is C15H22N2. The molecule has 1 aliphatic rings. The van der Waals surface area contributed by atoms with Crippen molar-refractivity contribution in [1.29, 1.82) is 0 Å². The zero-order chi connectivity index (χ0) is 12.3. The molecule has 1 aromatic carbocycles. The predicted octanol–water partition coefficient (Wildman–Crippen LogP) is 3.12. The number of rotatable bonds is 3. The van der Waals surface area contributed by atoms with Crippen LogP contribution in [0.3, 0.4) is 0 Å². The molecule has 1 aliphatic heterocycles. The van der Waals surface area contributed by atoms with E-state index >= 15 is 0 Å². The van der Waals surface area contributed by atoms with Gasteiger partial charge in [0, 0.05) is 24.8 Å². The summed E-state index contributed by atoms with van der Waals surface area (Å²) in [4.78, 5) is 2.47. The SMILES string of the molecule is CNC(C)c1ccccc1N1CC=C(C)CC1. The molecule has 0 saturated heterocycles. The van der Waals surface area contributed by atoms with E-state index in [-0.39, 0.29) is 0 Å². The van der Waals surface area contributed by atoms with Crippen molar-refractivity contribution in [2.24, 2.45) is 0 Å². The van der Waals surface area contributed by atoms with E-state index in [9.17, 15) is 0 Å². The maximum Gasteiger partial charge on any atom is 0.0417 e. The van der Waals surface area contributed by atoms with E-state index in [0.717, 1.165) is 13.1 Å². The van der Waals surface area contributed by atoms with Crippen molar-refractivity contribution in [2.75, 3.05) is 25.0 Å². The van der Waals surface area contributed by atoms with Crippen molar-refractivity contribution < 1.29 is 0 Å². The highest BCUT2D eigenvalue weighted by Gasteiger charge is 2.15. The second-order valence-corrected chi connectivity index (χ2v) is 4.82. The zero-order valence-electron chi connectivity index (χ0n) is 11.0. The molecule has 0 amide bonds. The molecule has 1 atom stereocenters. The van der Waals surface area contributed by atoms with Crippen molar-refractivity contribution >= 4 is 5.69 Å². The number of para-hydroxylation sites is 1. The smallest absolute Gasteiger partial charge is 0.0417 e. The second kappa shape index (κ2) is 5.37. The molecule has 1 unspecified atom stereocenters. The van der Waals surface area contributed by atoms with E-state index in [1.807, 2.05) is 7.05 Å². The third kappa shape index (κ3) is 2.70. The molecule has 0 saturated carbocycles. The second-order valence-electron chi connectivity index (χ2n) is 4.82. The van der Waals surface area contributed by atoms with Crippen LogP contribution >= 0.6 is 0 Å². The zero-order valence-corrected chi connectivity index (χ0v) is 11.0. The Morgan fingerprint density at radius 3 is 2.71 bits per heavy atom. The van der Waals surface area contributed by atoms with Gasteiger partial charge < -0.3 is 10.2 Å². The van der Waals surface area contributed by atoms with Gasteiger partial charge in [0.2, 0.25) is 0 Å². The molecule has 1 N–H and O–H groups in total. The number of anilines is 1. The minimum Gasteiger partial charge on any atom is -0.367 e. The molecule has 2 rings (SSSR count). The third-order valence-corrected chi connectivity index (χ3v) is 3.61. The van der Waals surface area contributed by atoms with Gasteiger partial charge >= 0.3 is 0 Å². The molecule has 0 spiro atoms. The van der Waals surface area contributed by atoms with Crippen LogP contribution in [0.25, 0.3) is 0 Å². The lowest BCUT2D eigenvalue weighted by atomic mass is 10.0. The van der Waals surface area contributed by atoms with Gasteiger partial charge in [0.15, 0.2) is 0 Å². The Kier molecular flexibility index (Phi) is 3.85. The summed E-state index contributed by atoms with van der Waals surface area (Å²) < 4.78 is 0. The Hall–Kier alpha value is -1.28. The van der Waals surface area contributed by atoms with Gasteiger partial charge in [-0.05, 0) is 38.9 Å². The van der Waals surface area contributed by atoms with Crippen molar-refractivity contribution in [3.05, 3.63) is 41.5 Å². The molecule has 0 fully saturated rings. The van der Waals surface area contributed by atoms with Crippen LogP contribution in [0.4, 0.5) is 5.69 Å². The highest BCUT2D eigenvalue weighted by Crippen LogP contribution is 2.28. The summed E-state index contributed by atoms with van der Waals surface area (Å²) in [5.41, 5.74) is 4.28. The first-order chi connectivity index (χ1) is 8.22. The van der Waals surface area contributed by atoms with Gasteiger partial charge in [-0.3, -0.25) is 0 Å². The van der Waals surface area contributed by atoms with Crippen LogP contribution < -0.4 is 10.2 Å². The molecule has 2 nitrogen and oxygen atoms in total. The highest BCUT2D eigenvalue weighted by molar-refractivity contribution is 5.56. The summed E-state index contributed by atoms with van der Waals surface area (Å²) in [6.45, 7) is 6.61. The maximum absolute atomic E-state index is 3.33. The van der Waals surface area contributed by atoms with Gasteiger partial charge in [0.05, 0.1) is 0 Å². The van der Waals surface area contributed by atoms with Crippen LogP contribution in [-0.2, 0) is 0 Å². The summed E-state index contributed by atoms with van der Waals surface area (Å²) in [6, 6.07) is 9.11. The Morgan fingerprint density at radius 1 is 1.29 bits per heavy atom. The van der Waals surface area contributed by atoms with E-state index in [4.69, 9.17) is 0 Å². The highest BCUT2D eigenvalue weighted by atomic mass is 15.1. The summed E-state index contributed by atoms with van der Waals surface area (Å²) in [5.74, 6) is 0. The third-order valence-electron chi connectivity index (χ3n) is 3.61. The standard InChI is InChI=1S/C15H22N2/c1-12-8-10-17(11-9-12)15-7-5-4-6-14(15)13(2)16-3/h4-8,13,16H,9-11H2,1-3H3. The number of nitrogens with one attached hydrogen (secondary N) is 1. The number of benzene rings is 1. The van der Waals surface area contributed by atoms with E-state index in [0.29, 0.717) is 6.04 Å². The average molecular weight is 230 g/mol. The first kappa shape index (κ1) is 12.2. The molecule has 92 valence electrons. The molecule has 1 aromatic rings. The summed E-state index contributed by atoms with van der Waals surface area (Å²) in [7, 11) is 2.02. The Morgan fingerprint density at radius 2 is 2.06 bits per heavy atom. The lowest BCUT2D eigenvalue weighted by Crippen LogP contribution is -2.30. The molecule has 2 heteroatoms. The molecular weight excluding hydrogens is 208 g/mol. The Balaban J connectivity index is 2.26. The number of hydrogen-bond acceptors (Lipinski definition) is 2. The minimum absolute atomic E-state index is 0.401. The lowest BCUT2D eigenvalue weighted by molar-refractivity contribution is 0.646. The molecule has 0 aliphatic carbocycles. The van der Waals surface area contributed by atoms with Crippen LogP contribution in [-0.4, -0.2) is 20.1 Å². The maximum atomic E-state index is 3.33. The van der Waals surface area contributed by atoms with Crippen LogP contribution in [0.2, 0.25) is 0 Å². The average Bonchev–Trinajstić information content (AvgIpc) is 2.39. The first-order valence-electron chi connectivity index (χ1n) is 6.39. The normalized spacial score (nSPS) is 17.8. The van der Waals surface area contributed by atoms with Crippen LogP contribution in [0.15, 0.2) is 35.9 Å². The van der Waals surface area contributed by atoms with Crippen LogP contribution in [0, 0.1) is 0 Å². The summed E-state index contributed by atoms with van der Waals surface area (Å²) >= 11 is 0. The van der Waals surface area contributed by atoms with E-state index < -0.39 is 0 Å². The largest absolute Gasteiger partial charge is 0.367 e. The van der Waals surface area contributed by atoms with Crippen LogP contribution in [0.5, 0.6) is 0 Å². The minimum atomic E-state index is 0.401. The van der Waals surface area contributed by atoms with Gasteiger partial charge in [0.1, 0.15) is 0 Å². The molecule has 0 bridgehead atoms. The molecule has 1 heterocycles. The summed E-state index contributed by atoms with van der Waals surface area (Å²) in [6.07, 6.45) is 3.52. The number of nitrogens with zero attached hydrogens (tertiary/aromatic N) is 1. The topological polar surface area (TPSA) is 15.3 Å². The van der Waals surface area contributed by atoms with Gasteiger partial charge in [-0.25, -0.2) is 0 Å². The van der Waals surface area contributed by atoms with E-state index in [1.54, 1.807) is 0 Å². The van der Waals surface area contributed by atoms with Gasteiger partial charge in [0.25, 0.3) is 0 Å². The van der Waals surface area contributed by atoms with E-state index in [2.05, 4.69) is 54.4 Å². The fraction of sp³-hybridized carbons (Fsp3) is 0.467. The molecule has 17 heavy (non-hydrogen) atoms.